The first kappa shape index (κ1) is 47.5. The molecule has 78 heavy (non-hydrogen) atoms. The van der Waals surface area contributed by atoms with E-state index in [0.29, 0.717) is 93.7 Å². The Bertz CT molecular complexity index is 4230. The van der Waals surface area contributed by atoms with E-state index in [9.17, 15) is 31.6 Å². The predicted molar refractivity (Wildman–Crippen MR) is 296 cm³/mol. The lowest BCUT2D eigenvalue weighted by Crippen LogP contribution is -2.16. The van der Waals surface area contributed by atoms with Gasteiger partial charge in [-0.3, -0.25) is 0 Å². The molecule has 0 N–H and O–H groups in total. The van der Waals surface area contributed by atoms with Gasteiger partial charge in [-0.2, -0.15) is 44.7 Å². The van der Waals surface area contributed by atoms with Crippen molar-refractivity contribution in [3.8, 4) is 103 Å². The summed E-state index contributed by atoms with van der Waals surface area (Å²) in [7, 11) is 0. The molecule has 0 fully saturated rings. The molecule has 0 amide bonds. The Balaban J connectivity index is 1.26. The van der Waals surface area contributed by atoms with Crippen molar-refractivity contribution in [2.45, 2.75) is 6.18 Å². The number of hydrogen-bond donors (Lipinski definition) is 0. The number of nitriles is 6. The van der Waals surface area contributed by atoms with Gasteiger partial charge < -0.3 is 9.13 Å². The minimum Gasteiger partial charge on any atom is -0.308 e. The molecule has 10 aromatic carbocycles. The van der Waals surface area contributed by atoms with Gasteiger partial charge >= 0.3 is 6.18 Å². The van der Waals surface area contributed by atoms with E-state index in [-0.39, 0.29) is 28.1 Å². The molecule has 0 atom stereocenters. The molecule has 12 rings (SSSR count). The maximum absolute atomic E-state index is 17.3. The third kappa shape index (κ3) is 8.17. The first-order chi connectivity index (χ1) is 38.0. The highest BCUT2D eigenvalue weighted by Crippen LogP contribution is 2.48. The number of aromatic nitrogens is 2. The zero-order valence-corrected chi connectivity index (χ0v) is 40.8. The largest absolute Gasteiger partial charge is 0.420 e. The third-order valence-electron chi connectivity index (χ3n) is 14.3. The first-order valence-electron chi connectivity index (χ1n) is 24.4. The second-order valence-corrected chi connectivity index (χ2v) is 18.8. The molecule has 0 radical (unpaired) electrons. The molecule has 0 saturated carbocycles. The summed E-state index contributed by atoms with van der Waals surface area (Å²) in [5.41, 5.74) is 8.61. The van der Waals surface area contributed by atoms with Gasteiger partial charge in [0.1, 0.15) is 5.56 Å². The van der Waals surface area contributed by atoms with Crippen LogP contribution >= 0.6 is 0 Å². The van der Waals surface area contributed by atoms with Crippen molar-refractivity contribution in [1.29, 1.82) is 31.6 Å². The summed E-state index contributed by atoms with van der Waals surface area (Å²) < 4.78 is 55.2. The Labute approximate surface area is 444 Å². The molecule has 0 unspecified atom stereocenters. The van der Waals surface area contributed by atoms with Crippen LogP contribution in [0, 0.1) is 68.0 Å². The number of alkyl halides is 3. The Morgan fingerprint density at radius 3 is 0.744 bits per heavy atom. The van der Waals surface area contributed by atoms with E-state index in [1.54, 1.807) is 118 Å². The summed E-state index contributed by atoms with van der Waals surface area (Å²) in [5.74, 6) is 0. The van der Waals surface area contributed by atoms with Gasteiger partial charge in [-0.05, 0) is 159 Å². The number of nitrogens with zero attached hydrogens (tertiary/aromatic N) is 8. The number of halogens is 3. The van der Waals surface area contributed by atoms with Gasteiger partial charge in [-0.25, -0.2) is 0 Å². The summed E-state index contributed by atoms with van der Waals surface area (Å²) in [6.45, 7) is 0. The van der Waals surface area contributed by atoms with E-state index in [4.69, 9.17) is 0 Å². The van der Waals surface area contributed by atoms with Crippen LogP contribution in [0.2, 0.25) is 0 Å². The summed E-state index contributed by atoms with van der Waals surface area (Å²) >= 11 is 0. The van der Waals surface area contributed by atoms with Crippen LogP contribution in [-0.4, -0.2) is 9.13 Å². The van der Waals surface area contributed by atoms with Crippen molar-refractivity contribution >= 4 is 43.6 Å². The summed E-state index contributed by atoms with van der Waals surface area (Å²) in [6, 6.07) is 70.8. The van der Waals surface area contributed by atoms with Gasteiger partial charge in [0.15, 0.2) is 0 Å². The van der Waals surface area contributed by atoms with Crippen molar-refractivity contribution < 1.29 is 13.2 Å². The summed E-state index contributed by atoms with van der Waals surface area (Å²) in [6.07, 6.45) is -5.06. The molecule has 0 aliphatic heterocycles. The van der Waals surface area contributed by atoms with Crippen LogP contribution in [0.25, 0.3) is 111 Å². The fourth-order valence-corrected chi connectivity index (χ4v) is 10.6. The third-order valence-corrected chi connectivity index (χ3v) is 14.3. The Hall–Kier alpha value is -11.5. The molecule has 0 aliphatic carbocycles. The van der Waals surface area contributed by atoms with Gasteiger partial charge in [0.2, 0.25) is 0 Å². The second-order valence-electron chi connectivity index (χ2n) is 18.8. The van der Waals surface area contributed by atoms with Gasteiger partial charge in [0.25, 0.3) is 0 Å². The van der Waals surface area contributed by atoms with E-state index < -0.39 is 11.7 Å². The van der Waals surface area contributed by atoms with E-state index in [1.807, 2.05) is 72.8 Å². The maximum atomic E-state index is 17.3. The molecule has 2 aromatic heterocycles. The highest BCUT2D eigenvalue weighted by atomic mass is 19.4. The monoisotopic (exact) mass is 1010 g/mol. The fourth-order valence-electron chi connectivity index (χ4n) is 10.6. The predicted octanol–water partition coefficient (Wildman–Crippen LogP) is 16.5. The second kappa shape index (κ2) is 18.8. The highest BCUT2D eigenvalue weighted by Gasteiger charge is 2.40. The van der Waals surface area contributed by atoms with Gasteiger partial charge in [-0.1, -0.05) is 97.1 Å². The minimum atomic E-state index is -5.06. The van der Waals surface area contributed by atoms with Crippen molar-refractivity contribution in [2.75, 3.05) is 0 Å². The van der Waals surface area contributed by atoms with Crippen molar-refractivity contribution in [2.24, 2.45) is 0 Å². The van der Waals surface area contributed by atoms with Gasteiger partial charge in [0.05, 0.1) is 103 Å². The summed E-state index contributed by atoms with van der Waals surface area (Å²) in [4.78, 5) is 0. The molecule has 2 heterocycles. The average molecular weight is 1010 g/mol. The molecular weight excluding hydrogens is 974 g/mol. The number of benzene rings is 10. The van der Waals surface area contributed by atoms with Crippen LogP contribution in [-0.2, 0) is 6.18 Å². The maximum Gasteiger partial charge on any atom is 0.420 e. The molecule has 12 aromatic rings. The molecule has 8 nitrogen and oxygen atoms in total. The Kier molecular flexibility index (Phi) is 11.4. The Morgan fingerprint density at radius 2 is 0.500 bits per heavy atom. The highest BCUT2D eigenvalue weighted by molar-refractivity contribution is 6.13. The molecule has 11 heteroatoms. The minimum absolute atomic E-state index is 0.138. The number of hydrogen-bond acceptors (Lipinski definition) is 6. The molecule has 0 spiro atoms. The molecule has 362 valence electrons. The van der Waals surface area contributed by atoms with E-state index in [1.165, 1.54) is 18.2 Å². The quantitative estimate of drug-likeness (QED) is 0.155. The topological polar surface area (TPSA) is 153 Å². The van der Waals surface area contributed by atoms with E-state index >= 15 is 13.2 Å². The van der Waals surface area contributed by atoms with Crippen LogP contribution in [0.15, 0.2) is 200 Å². The Morgan fingerprint density at radius 1 is 0.256 bits per heavy atom. The zero-order valence-electron chi connectivity index (χ0n) is 40.8. The van der Waals surface area contributed by atoms with Crippen LogP contribution < -0.4 is 0 Å². The lowest BCUT2D eigenvalue weighted by Gasteiger charge is -2.23. The SMILES string of the molecule is N#Cc1ccc(-c2ccc3c4ccc(-c5ccc(C#N)cc5)cc4n(-c4cc(-c5cc(C#N)cc(C#N)c5)cc(-n5c6cc(-c7ccc(C#N)cc7)ccc6c6ccc(-c7ccc(C#N)cc7)cc65)c4C(F)(F)F)c3c2)cc1. The first-order valence-corrected chi connectivity index (χ1v) is 24.4. The lowest BCUT2D eigenvalue weighted by atomic mass is 9.96. The van der Waals surface area contributed by atoms with Crippen molar-refractivity contribution in [1.82, 2.24) is 9.13 Å². The molecule has 0 saturated heterocycles. The molecule has 0 bridgehead atoms. The zero-order chi connectivity index (χ0) is 53.8. The van der Waals surface area contributed by atoms with Crippen molar-refractivity contribution in [3.05, 3.63) is 239 Å². The van der Waals surface area contributed by atoms with E-state index in [0.717, 1.165) is 22.3 Å². The lowest BCUT2D eigenvalue weighted by molar-refractivity contribution is -0.137. The van der Waals surface area contributed by atoms with Crippen LogP contribution in [0.3, 0.4) is 0 Å². The van der Waals surface area contributed by atoms with Gasteiger partial charge in [-0.15, -0.1) is 0 Å². The normalized spacial score (nSPS) is 11.2. The van der Waals surface area contributed by atoms with Crippen LogP contribution in [0.1, 0.15) is 38.9 Å². The smallest absolute Gasteiger partial charge is 0.308 e. The van der Waals surface area contributed by atoms with Crippen LogP contribution in [0.4, 0.5) is 13.2 Å². The average Bonchev–Trinajstić information content (AvgIpc) is 4.15. The van der Waals surface area contributed by atoms with Gasteiger partial charge in [0, 0.05) is 21.5 Å². The molecule has 0 aliphatic rings. The standard InChI is InChI=1S/C67H33F3N8/c68-67(69,70)66-64(77-60-28-50(46-9-1-40(34-71)2-10-46)17-21-56(60)57-22-18-51(29-61(57)77)47-11-3-41(35-72)4-12-47)32-55(54-26-44(38-75)25-45(27-54)39-76)33-65(66)78-62-30-52(48-13-5-42(36-73)6-14-48)19-23-58(62)59-24-20-53(31-63(59)78)49-15-7-43(37-74)8-16-49/h1-33H. The fraction of sp³-hybridized carbons (Fsp3) is 0.0149. The van der Waals surface area contributed by atoms with E-state index in [2.05, 4.69) is 36.4 Å². The number of fused-ring (bicyclic) bond motifs is 6. The molecular formula is C67H33F3N8. The van der Waals surface area contributed by atoms with Crippen LogP contribution in [0.5, 0.6) is 0 Å². The summed E-state index contributed by atoms with van der Waals surface area (Å²) in [5, 5.41) is 61.7. The van der Waals surface area contributed by atoms with Crippen molar-refractivity contribution in [3.63, 3.8) is 0 Å². The number of rotatable bonds is 7.